The smallest absolute Gasteiger partial charge is 0.294 e. The molecule has 0 aromatic carbocycles. The van der Waals surface area contributed by atoms with Gasteiger partial charge in [0.2, 0.25) is 0 Å². The van der Waals surface area contributed by atoms with Gasteiger partial charge in [-0.15, -0.1) is 10.1 Å². The van der Waals surface area contributed by atoms with Gasteiger partial charge in [0.25, 0.3) is 5.09 Å². The highest BCUT2D eigenvalue weighted by Crippen LogP contribution is 2.47. The third kappa shape index (κ3) is 4.22. The SMILES string of the molecule is CCCCCC[C@]12OC[C@@](O)(C(O)CCCO[N+](=O)[O-])[C@H]1OC[C@@H]2O. The summed E-state index contributed by atoms with van der Waals surface area (Å²) in [6, 6.07) is 0. The van der Waals surface area contributed by atoms with Gasteiger partial charge in [0.05, 0.1) is 25.9 Å². The molecule has 0 bridgehead atoms. The number of aliphatic hydroxyl groups is 3. The molecule has 0 saturated carbocycles. The summed E-state index contributed by atoms with van der Waals surface area (Å²) in [5.41, 5.74) is -2.64. The lowest BCUT2D eigenvalue weighted by Gasteiger charge is -2.35. The van der Waals surface area contributed by atoms with Gasteiger partial charge in [-0.3, -0.25) is 0 Å². The monoisotopic (exact) mass is 363 g/mol. The second-order valence-electron chi connectivity index (χ2n) is 6.99. The van der Waals surface area contributed by atoms with Gasteiger partial charge in [0, 0.05) is 0 Å². The average molecular weight is 363 g/mol. The van der Waals surface area contributed by atoms with E-state index in [1.807, 2.05) is 0 Å². The normalized spacial score (nSPS) is 35.5. The molecule has 0 aromatic heterocycles. The number of hydrogen-bond donors (Lipinski definition) is 3. The van der Waals surface area contributed by atoms with Gasteiger partial charge < -0.3 is 29.6 Å². The molecule has 0 aliphatic carbocycles. The van der Waals surface area contributed by atoms with Crippen molar-refractivity contribution >= 4 is 0 Å². The molecule has 3 N–H and O–H groups in total. The lowest BCUT2D eigenvalue weighted by molar-refractivity contribution is -0.757. The molecule has 9 nitrogen and oxygen atoms in total. The van der Waals surface area contributed by atoms with Crippen LogP contribution in [0.3, 0.4) is 0 Å². The molecular formula is C16H29NO8. The second kappa shape index (κ2) is 8.59. The van der Waals surface area contributed by atoms with E-state index in [0.29, 0.717) is 6.42 Å². The number of fused-ring (bicyclic) bond motifs is 1. The topological polar surface area (TPSA) is 132 Å². The number of aliphatic hydroxyl groups excluding tert-OH is 2. The van der Waals surface area contributed by atoms with E-state index < -0.39 is 34.6 Å². The van der Waals surface area contributed by atoms with Crippen molar-refractivity contribution in [2.75, 3.05) is 19.8 Å². The van der Waals surface area contributed by atoms with Crippen molar-refractivity contribution in [2.24, 2.45) is 0 Å². The average Bonchev–Trinajstić information content (AvgIpc) is 3.05. The molecule has 2 rings (SSSR count). The van der Waals surface area contributed by atoms with E-state index >= 15 is 0 Å². The summed E-state index contributed by atoms with van der Waals surface area (Å²) in [4.78, 5) is 14.4. The van der Waals surface area contributed by atoms with Crippen LogP contribution in [0.1, 0.15) is 51.9 Å². The van der Waals surface area contributed by atoms with Crippen LogP contribution in [-0.4, -0.2) is 69.7 Å². The van der Waals surface area contributed by atoms with Crippen molar-refractivity contribution in [1.29, 1.82) is 0 Å². The van der Waals surface area contributed by atoms with Gasteiger partial charge in [0.1, 0.15) is 23.4 Å². The largest absolute Gasteiger partial charge is 0.390 e. The third-order valence-corrected chi connectivity index (χ3v) is 5.27. The Morgan fingerprint density at radius 1 is 1.36 bits per heavy atom. The van der Waals surface area contributed by atoms with Crippen molar-refractivity contribution in [3.63, 3.8) is 0 Å². The van der Waals surface area contributed by atoms with Gasteiger partial charge in [-0.2, -0.15) is 0 Å². The molecule has 9 heteroatoms. The van der Waals surface area contributed by atoms with Crippen LogP contribution in [0.5, 0.6) is 0 Å². The van der Waals surface area contributed by atoms with E-state index in [1.165, 1.54) is 0 Å². The lowest BCUT2D eigenvalue weighted by atomic mass is 9.78. The van der Waals surface area contributed by atoms with Crippen LogP contribution in [0, 0.1) is 10.1 Å². The van der Waals surface area contributed by atoms with Gasteiger partial charge in [0.15, 0.2) is 0 Å². The Morgan fingerprint density at radius 2 is 2.12 bits per heavy atom. The van der Waals surface area contributed by atoms with E-state index in [0.717, 1.165) is 25.7 Å². The first-order valence-corrected chi connectivity index (χ1v) is 8.98. The summed E-state index contributed by atoms with van der Waals surface area (Å²) in [5, 5.41) is 41.0. The van der Waals surface area contributed by atoms with Gasteiger partial charge in [-0.25, -0.2) is 0 Å². The molecule has 2 saturated heterocycles. The van der Waals surface area contributed by atoms with Crippen LogP contribution < -0.4 is 0 Å². The minimum absolute atomic E-state index is 0.0535. The summed E-state index contributed by atoms with van der Waals surface area (Å²) < 4.78 is 11.4. The first kappa shape index (κ1) is 20.3. The van der Waals surface area contributed by atoms with Crippen molar-refractivity contribution in [3.8, 4) is 0 Å². The van der Waals surface area contributed by atoms with Gasteiger partial charge in [-0.05, 0) is 19.3 Å². The van der Waals surface area contributed by atoms with Crippen molar-refractivity contribution in [2.45, 2.75) is 81.4 Å². The van der Waals surface area contributed by atoms with Crippen LogP contribution in [0.2, 0.25) is 0 Å². The number of ether oxygens (including phenoxy) is 2. The summed E-state index contributed by atoms with van der Waals surface area (Å²) in [6.45, 7) is 1.87. The summed E-state index contributed by atoms with van der Waals surface area (Å²) in [5.74, 6) is 0. The third-order valence-electron chi connectivity index (χ3n) is 5.27. The molecular weight excluding hydrogens is 334 g/mol. The van der Waals surface area contributed by atoms with E-state index in [4.69, 9.17) is 9.47 Å². The fraction of sp³-hybridized carbons (Fsp3) is 1.00. The highest BCUT2D eigenvalue weighted by molar-refractivity contribution is 5.15. The zero-order valence-electron chi connectivity index (χ0n) is 14.6. The van der Waals surface area contributed by atoms with E-state index in [9.17, 15) is 25.4 Å². The maximum absolute atomic E-state index is 10.9. The molecule has 5 atom stereocenters. The Bertz CT molecular complexity index is 450. The number of rotatable bonds is 11. The fourth-order valence-corrected chi connectivity index (χ4v) is 3.84. The van der Waals surface area contributed by atoms with Crippen molar-refractivity contribution in [1.82, 2.24) is 0 Å². The Kier molecular flexibility index (Phi) is 6.98. The van der Waals surface area contributed by atoms with Crippen LogP contribution >= 0.6 is 0 Å². The lowest BCUT2D eigenvalue weighted by Crippen LogP contribution is -2.57. The zero-order valence-corrected chi connectivity index (χ0v) is 14.6. The molecule has 2 aliphatic heterocycles. The van der Waals surface area contributed by atoms with Crippen LogP contribution in [0.4, 0.5) is 0 Å². The Hall–Kier alpha value is -1.00. The molecule has 0 radical (unpaired) electrons. The standard InChI is InChI=1S/C16H29NO8/c1-2-3-4-5-8-16-13(19)10-23-14(16)15(20,11-24-16)12(18)7-6-9-25-17(21)22/h12-14,18-20H,2-11H2,1H3/t12?,13-,14+,15+,16+/m0/s1. The first-order valence-electron chi connectivity index (χ1n) is 8.98. The van der Waals surface area contributed by atoms with Gasteiger partial charge in [-0.1, -0.05) is 32.6 Å². The molecule has 0 aromatic rings. The Labute approximate surface area is 147 Å². The first-order chi connectivity index (χ1) is 11.9. The highest BCUT2D eigenvalue weighted by Gasteiger charge is 2.67. The second-order valence-corrected chi connectivity index (χ2v) is 6.99. The predicted octanol–water partition coefficient (Wildman–Crippen LogP) is 0.566. The quantitative estimate of drug-likeness (QED) is 0.276. The molecule has 2 heterocycles. The van der Waals surface area contributed by atoms with Crippen LogP contribution in [-0.2, 0) is 14.3 Å². The summed E-state index contributed by atoms with van der Waals surface area (Å²) >= 11 is 0. The molecule has 2 fully saturated rings. The molecule has 0 spiro atoms. The maximum atomic E-state index is 10.9. The summed E-state index contributed by atoms with van der Waals surface area (Å²) in [6.07, 6.45) is 2.04. The molecule has 0 amide bonds. The summed E-state index contributed by atoms with van der Waals surface area (Å²) in [7, 11) is 0. The van der Waals surface area contributed by atoms with Crippen molar-refractivity contribution in [3.05, 3.63) is 10.1 Å². The number of hydrogen-bond acceptors (Lipinski definition) is 8. The number of nitrogens with zero attached hydrogens (tertiary/aromatic N) is 1. The van der Waals surface area contributed by atoms with E-state index in [-0.39, 0.29) is 32.7 Å². The number of unbranched alkanes of at least 4 members (excludes halogenated alkanes) is 3. The predicted molar refractivity (Wildman–Crippen MR) is 86.3 cm³/mol. The van der Waals surface area contributed by atoms with E-state index in [1.54, 1.807) is 0 Å². The minimum Gasteiger partial charge on any atom is -0.390 e. The van der Waals surface area contributed by atoms with Crippen LogP contribution in [0.15, 0.2) is 0 Å². The van der Waals surface area contributed by atoms with Crippen molar-refractivity contribution < 1.29 is 34.7 Å². The Morgan fingerprint density at radius 3 is 2.80 bits per heavy atom. The van der Waals surface area contributed by atoms with E-state index in [2.05, 4.69) is 11.8 Å². The highest BCUT2D eigenvalue weighted by atomic mass is 16.9. The molecule has 1 unspecified atom stereocenters. The minimum atomic E-state index is -1.64. The fourth-order valence-electron chi connectivity index (χ4n) is 3.84. The van der Waals surface area contributed by atoms with Gasteiger partial charge >= 0.3 is 0 Å². The molecule has 25 heavy (non-hydrogen) atoms. The molecule has 146 valence electrons. The Balaban J connectivity index is 1.96. The molecule has 2 aliphatic rings. The van der Waals surface area contributed by atoms with Crippen LogP contribution in [0.25, 0.3) is 0 Å². The zero-order chi connectivity index (χ0) is 18.5. The maximum Gasteiger partial charge on any atom is 0.294 e.